The number of benzene rings is 2. The number of hydrogen-bond acceptors (Lipinski definition) is 4. The highest BCUT2D eigenvalue weighted by atomic mass is 32.2. The molecular weight excluding hydrogens is 362 g/mol. The zero-order chi connectivity index (χ0) is 19.4. The van der Waals surface area contributed by atoms with Crippen LogP contribution in [-0.4, -0.2) is 30.5 Å². The average molecular weight is 383 g/mol. The quantitative estimate of drug-likeness (QED) is 0.750. The van der Waals surface area contributed by atoms with Crippen molar-refractivity contribution in [1.29, 1.82) is 0 Å². The molecule has 1 atom stereocenters. The Labute approximate surface area is 162 Å². The van der Waals surface area contributed by atoms with Gasteiger partial charge in [-0.2, -0.15) is 0 Å². The number of primary amides is 1. The van der Waals surface area contributed by atoms with Gasteiger partial charge in [-0.05, 0) is 48.2 Å². The van der Waals surface area contributed by atoms with E-state index in [1.54, 1.807) is 40.9 Å². The SMILES string of the molecule is CSc1ccc(N2CC(C(=O)Nc3ccc(CC(N)=O)cc3)CC2=O)cc1. The molecule has 3 rings (SSSR count). The fourth-order valence-electron chi connectivity index (χ4n) is 3.05. The van der Waals surface area contributed by atoms with Crippen LogP contribution in [0.3, 0.4) is 0 Å². The van der Waals surface area contributed by atoms with Gasteiger partial charge in [-0.1, -0.05) is 12.1 Å². The zero-order valence-electron chi connectivity index (χ0n) is 15.0. The first-order valence-electron chi connectivity index (χ1n) is 8.59. The van der Waals surface area contributed by atoms with Crippen LogP contribution in [0.1, 0.15) is 12.0 Å². The number of rotatable bonds is 6. The van der Waals surface area contributed by atoms with Crippen molar-refractivity contribution < 1.29 is 14.4 Å². The van der Waals surface area contributed by atoms with Crippen LogP contribution in [0, 0.1) is 5.92 Å². The maximum atomic E-state index is 12.5. The summed E-state index contributed by atoms with van der Waals surface area (Å²) in [5.74, 6) is -1.04. The van der Waals surface area contributed by atoms with Gasteiger partial charge >= 0.3 is 0 Å². The fraction of sp³-hybridized carbons (Fsp3) is 0.250. The average Bonchev–Trinajstić information content (AvgIpc) is 3.05. The molecule has 0 saturated carbocycles. The predicted octanol–water partition coefficient (Wildman–Crippen LogP) is 2.43. The summed E-state index contributed by atoms with van der Waals surface area (Å²) in [5.41, 5.74) is 7.40. The van der Waals surface area contributed by atoms with Gasteiger partial charge in [0.1, 0.15) is 0 Å². The molecule has 1 fully saturated rings. The molecule has 1 aliphatic heterocycles. The summed E-state index contributed by atoms with van der Waals surface area (Å²) in [7, 11) is 0. The smallest absolute Gasteiger partial charge is 0.229 e. The molecule has 2 aromatic rings. The van der Waals surface area contributed by atoms with E-state index >= 15 is 0 Å². The van der Waals surface area contributed by atoms with Crippen molar-refractivity contribution in [3.8, 4) is 0 Å². The first kappa shape index (κ1) is 19.0. The lowest BCUT2D eigenvalue weighted by Crippen LogP contribution is -2.28. The van der Waals surface area contributed by atoms with Crippen molar-refractivity contribution in [3.05, 3.63) is 54.1 Å². The lowest BCUT2D eigenvalue weighted by molar-refractivity contribution is -0.122. The van der Waals surface area contributed by atoms with E-state index in [0.29, 0.717) is 12.2 Å². The molecule has 1 saturated heterocycles. The van der Waals surface area contributed by atoms with E-state index in [2.05, 4.69) is 5.32 Å². The van der Waals surface area contributed by atoms with E-state index in [4.69, 9.17) is 5.73 Å². The third kappa shape index (κ3) is 4.68. The number of amides is 3. The van der Waals surface area contributed by atoms with E-state index in [1.165, 1.54) is 0 Å². The molecule has 0 spiro atoms. The fourth-order valence-corrected chi connectivity index (χ4v) is 3.45. The first-order valence-corrected chi connectivity index (χ1v) is 9.81. The Hall–Kier alpha value is -2.80. The van der Waals surface area contributed by atoms with Gasteiger partial charge in [0.2, 0.25) is 17.7 Å². The molecule has 27 heavy (non-hydrogen) atoms. The Morgan fingerprint density at radius 1 is 1.15 bits per heavy atom. The van der Waals surface area contributed by atoms with Crippen LogP contribution in [-0.2, 0) is 20.8 Å². The molecule has 0 radical (unpaired) electrons. The van der Waals surface area contributed by atoms with Gasteiger partial charge < -0.3 is 16.0 Å². The number of carbonyl (C=O) groups excluding carboxylic acids is 3. The van der Waals surface area contributed by atoms with Crippen LogP contribution < -0.4 is 16.0 Å². The van der Waals surface area contributed by atoms with Gasteiger partial charge in [-0.15, -0.1) is 11.8 Å². The summed E-state index contributed by atoms with van der Waals surface area (Å²) < 4.78 is 0. The van der Waals surface area contributed by atoms with E-state index in [1.807, 2.05) is 30.5 Å². The Morgan fingerprint density at radius 2 is 1.81 bits per heavy atom. The van der Waals surface area contributed by atoms with E-state index in [0.717, 1.165) is 16.1 Å². The molecular formula is C20H21N3O3S. The van der Waals surface area contributed by atoms with Crippen molar-refractivity contribution in [2.75, 3.05) is 23.0 Å². The van der Waals surface area contributed by atoms with Crippen LogP contribution in [0.25, 0.3) is 0 Å². The number of nitrogens with two attached hydrogens (primary N) is 1. The number of thioether (sulfide) groups is 1. The minimum absolute atomic E-state index is 0.0520. The molecule has 3 N–H and O–H groups in total. The Bertz CT molecular complexity index is 850. The summed E-state index contributed by atoms with van der Waals surface area (Å²) in [4.78, 5) is 38.6. The molecule has 0 aromatic heterocycles. The molecule has 1 heterocycles. The molecule has 7 heteroatoms. The predicted molar refractivity (Wildman–Crippen MR) is 107 cm³/mol. The first-order chi connectivity index (χ1) is 13.0. The summed E-state index contributed by atoms with van der Waals surface area (Å²) in [6.07, 6.45) is 2.35. The highest BCUT2D eigenvalue weighted by Gasteiger charge is 2.35. The second-order valence-electron chi connectivity index (χ2n) is 6.43. The van der Waals surface area contributed by atoms with E-state index in [9.17, 15) is 14.4 Å². The molecule has 6 nitrogen and oxygen atoms in total. The van der Waals surface area contributed by atoms with Gasteiger partial charge in [-0.25, -0.2) is 0 Å². The van der Waals surface area contributed by atoms with E-state index in [-0.39, 0.29) is 24.7 Å². The third-order valence-corrected chi connectivity index (χ3v) is 5.22. The summed E-state index contributed by atoms with van der Waals surface area (Å²) in [5, 5.41) is 2.84. The van der Waals surface area contributed by atoms with E-state index < -0.39 is 11.8 Å². The summed E-state index contributed by atoms with van der Waals surface area (Å²) in [6, 6.07) is 14.7. The maximum absolute atomic E-state index is 12.5. The highest BCUT2D eigenvalue weighted by molar-refractivity contribution is 7.98. The van der Waals surface area contributed by atoms with Crippen LogP contribution in [0.5, 0.6) is 0 Å². The van der Waals surface area contributed by atoms with Crippen molar-refractivity contribution in [2.24, 2.45) is 11.7 Å². The number of nitrogens with zero attached hydrogens (tertiary/aromatic N) is 1. The van der Waals surface area contributed by atoms with Crippen LogP contribution in [0.15, 0.2) is 53.4 Å². The van der Waals surface area contributed by atoms with Gasteiger partial charge in [-0.3, -0.25) is 14.4 Å². The minimum atomic E-state index is -0.401. The largest absolute Gasteiger partial charge is 0.369 e. The standard InChI is InChI=1S/C20H21N3O3S/c1-27-17-8-6-16(7-9-17)23-12-14(11-19(23)25)20(26)22-15-4-2-13(3-5-15)10-18(21)24/h2-9,14H,10-12H2,1H3,(H2,21,24)(H,22,26). The third-order valence-electron chi connectivity index (χ3n) is 4.48. The Morgan fingerprint density at radius 3 is 2.41 bits per heavy atom. The van der Waals surface area contributed by atoms with Gasteiger partial charge in [0, 0.05) is 29.2 Å². The van der Waals surface area contributed by atoms with Crippen molar-refractivity contribution in [3.63, 3.8) is 0 Å². The molecule has 1 unspecified atom stereocenters. The lowest BCUT2D eigenvalue weighted by Gasteiger charge is -2.17. The monoisotopic (exact) mass is 383 g/mol. The molecule has 0 bridgehead atoms. The molecule has 3 amide bonds. The highest BCUT2D eigenvalue weighted by Crippen LogP contribution is 2.27. The minimum Gasteiger partial charge on any atom is -0.369 e. The number of carbonyl (C=O) groups is 3. The Balaban J connectivity index is 1.62. The van der Waals surface area contributed by atoms with Crippen LogP contribution >= 0.6 is 11.8 Å². The topological polar surface area (TPSA) is 92.5 Å². The van der Waals surface area contributed by atoms with Gasteiger partial charge in [0.25, 0.3) is 0 Å². The van der Waals surface area contributed by atoms with Crippen LogP contribution in [0.4, 0.5) is 11.4 Å². The second kappa shape index (κ2) is 8.26. The van der Waals surface area contributed by atoms with Crippen LogP contribution in [0.2, 0.25) is 0 Å². The molecule has 2 aromatic carbocycles. The number of hydrogen-bond donors (Lipinski definition) is 2. The Kier molecular flexibility index (Phi) is 5.81. The summed E-state index contributed by atoms with van der Waals surface area (Å²) >= 11 is 1.64. The van der Waals surface area contributed by atoms with Crippen molar-refractivity contribution >= 4 is 40.9 Å². The maximum Gasteiger partial charge on any atom is 0.229 e. The molecule has 0 aliphatic carbocycles. The number of nitrogens with one attached hydrogen (secondary N) is 1. The van der Waals surface area contributed by atoms with Gasteiger partial charge in [0.15, 0.2) is 0 Å². The zero-order valence-corrected chi connectivity index (χ0v) is 15.8. The normalized spacial score (nSPS) is 16.4. The summed E-state index contributed by atoms with van der Waals surface area (Å²) in [6.45, 7) is 0.364. The van der Waals surface area contributed by atoms with Crippen molar-refractivity contribution in [2.45, 2.75) is 17.7 Å². The second-order valence-corrected chi connectivity index (χ2v) is 7.31. The van der Waals surface area contributed by atoms with Crippen molar-refractivity contribution in [1.82, 2.24) is 0 Å². The lowest BCUT2D eigenvalue weighted by atomic mass is 10.1. The number of anilines is 2. The molecule has 140 valence electrons. The molecule has 1 aliphatic rings. The van der Waals surface area contributed by atoms with Gasteiger partial charge in [0.05, 0.1) is 12.3 Å².